The lowest BCUT2D eigenvalue weighted by Gasteiger charge is -2.08. The van der Waals surface area contributed by atoms with Crippen LogP contribution in [0.1, 0.15) is 18.1 Å². The van der Waals surface area contributed by atoms with Gasteiger partial charge in [-0.3, -0.25) is 0 Å². The summed E-state index contributed by atoms with van der Waals surface area (Å²) in [6, 6.07) is 20.3. The van der Waals surface area contributed by atoms with E-state index in [9.17, 15) is 0 Å². The molecule has 0 fully saturated rings. The Morgan fingerprint density at radius 3 is 2.18 bits per heavy atom. The highest BCUT2D eigenvalue weighted by molar-refractivity contribution is 6.28. The Kier molecular flexibility index (Phi) is 5.00. The van der Waals surface area contributed by atoms with Crippen molar-refractivity contribution in [1.82, 2.24) is 15.0 Å². The van der Waals surface area contributed by atoms with Crippen LogP contribution in [0.3, 0.4) is 0 Å². The molecule has 0 unspecified atom stereocenters. The fraction of sp³-hybridized carbons (Fsp3) is 0.0417. The van der Waals surface area contributed by atoms with E-state index in [2.05, 4.69) is 45.8 Å². The van der Waals surface area contributed by atoms with Gasteiger partial charge in [-0.1, -0.05) is 73.3 Å². The van der Waals surface area contributed by atoms with Gasteiger partial charge in [0.05, 0.1) is 0 Å². The summed E-state index contributed by atoms with van der Waals surface area (Å²) in [6.45, 7) is 5.86. The first-order valence-corrected chi connectivity index (χ1v) is 9.36. The molecule has 4 rings (SSSR count). The average Bonchev–Trinajstić information content (AvgIpc) is 2.73. The van der Waals surface area contributed by atoms with E-state index in [-0.39, 0.29) is 5.28 Å². The van der Waals surface area contributed by atoms with Crippen LogP contribution in [0.25, 0.3) is 45.7 Å². The van der Waals surface area contributed by atoms with E-state index >= 15 is 0 Å². The van der Waals surface area contributed by atoms with Gasteiger partial charge in [0.2, 0.25) is 5.28 Å². The molecule has 0 aliphatic heterocycles. The second-order valence-electron chi connectivity index (χ2n) is 6.36. The molecular formula is C24H18ClN3. The maximum Gasteiger partial charge on any atom is 0.226 e. The molecule has 3 aromatic carbocycles. The zero-order chi connectivity index (χ0) is 19.5. The molecule has 0 radical (unpaired) electrons. The molecule has 0 aliphatic rings. The van der Waals surface area contributed by atoms with Crippen LogP contribution in [0.5, 0.6) is 0 Å². The number of fused-ring (bicyclic) bond motifs is 1. The Bertz CT molecular complexity index is 1210. The van der Waals surface area contributed by atoms with E-state index < -0.39 is 0 Å². The van der Waals surface area contributed by atoms with Gasteiger partial charge in [0.25, 0.3) is 0 Å². The Balaban J connectivity index is 1.83. The van der Waals surface area contributed by atoms with Gasteiger partial charge in [-0.2, -0.15) is 9.97 Å². The lowest BCUT2D eigenvalue weighted by molar-refractivity contribution is 1.07. The van der Waals surface area contributed by atoms with Crippen LogP contribution in [0.2, 0.25) is 5.28 Å². The fourth-order valence-electron chi connectivity index (χ4n) is 3.16. The fourth-order valence-corrected chi connectivity index (χ4v) is 3.32. The summed E-state index contributed by atoms with van der Waals surface area (Å²) in [7, 11) is 0. The second kappa shape index (κ2) is 7.75. The van der Waals surface area contributed by atoms with Crippen LogP contribution >= 0.6 is 11.6 Å². The van der Waals surface area contributed by atoms with Gasteiger partial charge >= 0.3 is 0 Å². The summed E-state index contributed by atoms with van der Waals surface area (Å²) in [5.74, 6) is 1.10. The number of halogens is 1. The zero-order valence-corrected chi connectivity index (χ0v) is 16.2. The Morgan fingerprint density at radius 1 is 0.786 bits per heavy atom. The number of hydrogen-bond acceptors (Lipinski definition) is 3. The molecule has 0 bridgehead atoms. The maximum atomic E-state index is 6.24. The van der Waals surface area contributed by atoms with Crippen molar-refractivity contribution in [3.8, 4) is 22.8 Å². The molecule has 1 aromatic heterocycles. The van der Waals surface area contributed by atoms with Crippen LogP contribution in [-0.2, 0) is 0 Å². The minimum Gasteiger partial charge on any atom is -0.208 e. The molecule has 1 heterocycles. The lowest BCUT2D eigenvalue weighted by atomic mass is 10.0. The van der Waals surface area contributed by atoms with Gasteiger partial charge in [0.1, 0.15) is 0 Å². The molecular weight excluding hydrogens is 366 g/mol. The van der Waals surface area contributed by atoms with E-state index in [1.165, 1.54) is 5.39 Å². The molecule has 4 aromatic rings. The van der Waals surface area contributed by atoms with Crippen molar-refractivity contribution in [3.05, 3.63) is 89.7 Å². The van der Waals surface area contributed by atoms with Crippen molar-refractivity contribution in [3.63, 3.8) is 0 Å². The van der Waals surface area contributed by atoms with Gasteiger partial charge in [0, 0.05) is 11.1 Å². The lowest BCUT2D eigenvalue weighted by Crippen LogP contribution is -1.98. The van der Waals surface area contributed by atoms with Crippen LogP contribution in [-0.4, -0.2) is 15.0 Å². The number of nitrogens with zero attached hydrogens (tertiary/aromatic N) is 3. The first kappa shape index (κ1) is 18.1. The van der Waals surface area contributed by atoms with Gasteiger partial charge in [-0.05, 0) is 52.6 Å². The first-order chi connectivity index (χ1) is 13.7. The van der Waals surface area contributed by atoms with Gasteiger partial charge in [0.15, 0.2) is 11.6 Å². The smallest absolute Gasteiger partial charge is 0.208 e. The molecule has 4 heteroatoms. The number of hydrogen-bond donors (Lipinski definition) is 0. The summed E-state index contributed by atoms with van der Waals surface area (Å²) < 4.78 is 0. The molecule has 0 N–H and O–H groups in total. The quantitative estimate of drug-likeness (QED) is 0.394. The van der Waals surface area contributed by atoms with E-state index in [0.717, 1.165) is 27.6 Å². The maximum absolute atomic E-state index is 6.24. The number of rotatable bonds is 4. The third kappa shape index (κ3) is 3.57. The molecule has 0 saturated heterocycles. The molecule has 0 atom stereocenters. The van der Waals surface area contributed by atoms with Crippen molar-refractivity contribution in [2.45, 2.75) is 6.92 Å². The van der Waals surface area contributed by atoms with Crippen LogP contribution in [0, 0.1) is 0 Å². The summed E-state index contributed by atoms with van der Waals surface area (Å²) in [5.41, 5.74) is 3.89. The van der Waals surface area contributed by atoms with Crippen LogP contribution in [0.4, 0.5) is 0 Å². The third-order valence-electron chi connectivity index (χ3n) is 4.53. The van der Waals surface area contributed by atoms with Crippen LogP contribution < -0.4 is 0 Å². The van der Waals surface area contributed by atoms with Gasteiger partial charge < -0.3 is 0 Å². The van der Waals surface area contributed by atoms with Gasteiger partial charge in [-0.15, -0.1) is 0 Å². The predicted molar refractivity (Wildman–Crippen MR) is 118 cm³/mol. The molecule has 0 amide bonds. The zero-order valence-electron chi connectivity index (χ0n) is 15.4. The van der Waals surface area contributed by atoms with E-state index in [1.54, 1.807) is 0 Å². The van der Waals surface area contributed by atoms with Crippen molar-refractivity contribution in [2.75, 3.05) is 0 Å². The standard InChI is InChI=1S/C24H18ClN3/c1-3-7-18-14-20(12-10-16(18)4-2)22-26-23(28-24(25)27-22)21-13-11-17-8-5-6-9-19(17)15-21/h3-15H,2H2,1H3/b7-3-. The van der Waals surface area contributed by atoms with E-state index in [4.69, 9.17) is 11.6 Å². The highest BCUT2D eigenvalue weighted by atomic mass is 35.5. The van der Waals surface area contributed by atoms with Crippen molar-refractivity contribution >= 4 is 34.5 Å². The van der Waals surface area contributed by atoms with E-state index in [1.807, 2.05) is 61.5 Å². The summed E-state index contributed by atoms with van der Waals surface area (Å²) in [6.07, 6.45) is 5.86. The minimum atomic E-state index is 0.175. The van der Waals surface area contributed by atoms with Crippen LogP contribution in [0.15, 0.2) is 73.3 Å². The topological polar surface area (TPSA) is 38.7 Å². The Hall–Kier alpha value is -3.30. The molecule has 3 nitrogen and oxygen atoms in total. The monoisotopic (exact) mass is 383 g/mol. The Morgan fingerprint density at radius 2 is 1.46 bits per heavy atom. The summed E-state index contributed by atoms with van der Waals surface area (Å²) in [4.78, 5) is 13.4. The van der Waals surface area contributed by atoms with Gasteiger partial charge in [-0.25, -0.2) is 4.98 Å². The average molecular weight is 384 g/mol. The van der Waals surface area contributed by atoms with Crippen molar-refractivity contribution < 1.29 is 0 Å². The summed E-state index contributed by atoms with van der Waals surface area (Å²) >= 11 is 6.24. The highest BCUT2D eigenvalue weighted by Gasteiger charge is 2.11. The minimum absolute atomic E-state index is 0.175. The SMILES string of the molecule is C=Cc1ccc(-c2nc(Cl)nc(-c3ccc4ccccc4c3)n2)cc1/C=C\C. The second-order valence-corrected chi connectivity index (χ2v) is 6.70. The Labute approximate surface area is 169 Å². The van der Waals surface area contributed by atoms with E-state index in [0.29, 0.717) is 11.6 Å². The molecule has 0 saturated carbocycles. The van der Waals surface area contributed by atoms with Crippen molar-refractivity contribution in [1.29, 1.82) is 0 Å². The number of benzene rings is 3. The molecule has 0 aliphatic carbocycles. The van der Waals surface area contributed by atoms with Crippen molar-refractivity contribution in [2.24, 2.45) is 0 Å². The normalized spacial score (nSPS) is 11.2. The molecule has 136 valence electrons. The summed E-state index contributed by atoms with van der Waals surface area (Å²) in [5, 5.41) is 2.47. The number of aromatic nitrogens is 3. The molecule has 0 spiro atoms. The number of allylic oxidation sites excluding steroid dienone is 1. The first-order valence-electron chi connectivity index (χ1n) is 8.98. The third-order valence-corrected chi connectivity index (χ3v) is 4.70. The molecule has 28 heavy (non-hydrogen) atoms. The largest absolute Gasteiger partial charge is 0.226 e. The highest BCUT2D eigenvalue weighted by Crippen LogP contribution is 2.26. The predicted octanol–water partition coefficient (Wildman–Crippen LogP) is 6.69.